The number of pyridine rings is 1. The zero-order valence-corrected chi connectivity index (χ0v) is 8.12. The third kappa shape index (κ3) is 2.06. The zero-order chi connectivity index (χ0) is 12.5. The Balaban J connectivity index is 3.70. The predicted octanol–water partition coefficient (Wildman–Crippen LogP) is 1.60. The number of alkyl halides is 2. The van der Waals surface area contributed by atoms with Gasteiger partial charge in [-0.05, 0) is 11.6 Å². The molecule has 0 aliphatic rings. The Kier molecular flexibility index (Phi) is 3.33. The van der Waals surface area contributed by atoms with Crippen LogP contribution in [0.5, 0.6) is 0 Å². The second-order valence-corrected chi connectivity index (χ2v) is 2.97. The molecule has 1 rings (SSSR count). The maximum Gasteiger partial charge on any atom is 0.297 e. The van der Waals surface area contributed by atoms with E-state index >= 15 is 0 Å². The summed E-state index contributed by atoms with van der Waals surface area (Å²) in [6.45, 7) is 0. The van der Waals surface area contributed by atoms with Crippen LogP contribution in [0.1, 0.15) is 22.3 Å². The fourth-order valence-corrected chi connectivity index (χ4v) is 1.23. The van der Waals surface area contributed by atoms with Gasteiger partial charge in [0.15, 0.2) is 5.56 Å². The van der Waals surface area contributed by atoms with Crippen molar-refractivity contribution in [1.82, 2.24) is 4.98 Å². The Morgan fingerprint density at radius 3 is 2.50 bits per heavy atom. The molecule has 16 heavy (non-hydrogen) atoms. The maximum absolute atomic E-state index is 12.4. The van der Waals surface area contributed by atoms with Gasteiger partial charge < -0.3 is 4.98 Å². The molecule has 0 atom stereocenters. The van der Waals surface area contributed by atoms with Crippen LogP contribution in [0, 0.1) is 10.1 Å². The van der Waals surface area contributed by atoms with Crippen LogP contribution in [0.2, 0.25) is 0 Å². The summed E-state index contributed by atoms with van der Waals surface area (Å²) in [4.78, 5) is 32.8. The Labute approximate surface area is 91.0 Å². The highest BCUT2D eigenvalue weighted by molar-refractivity contribution is 6.68. The van der Waals surface area contributed by atoms with E-state index in [4.69, 9.17) is 11.6 Å². The summed E-state index contributed by atoms with van der Waals surface area (Å²) in [5.74, 6) is 0. The van der Waals surface area contributed by atoms with Gasteiger partial charge >= 0.3 is 0 Å². The standard InChI is InChI=1S/C7H3ClF2N2O4/c8-5(13)2-1-11-7(14)3(6(9)10)4(2)12(15)16/h1,6H,(H,11,14). The molecule has 0 aromatic carbocycles. The normalized spacial score (nSPS) is 10.5. The number of rotatable bonds is 3. The lowest BCUT2D eigenvalue weighted by molar-refractivity contribution is -0.386. The molecule has 0 fully saturated rings. The summed E-state index contributed by atoms with van der Waals surface area (Å²) < 4.78 is 24.8. The number of halogens is 3. The third-order valence-corrected chi connectivity index (χ3v) is 1.92. The van der Waals surface area contributed by atoms with Crippen LogP contribution < -0.4 is 5.56 Å². The van der Waals surface area contributed by atoms with E-state index in [0.29, 0.717) is 6.20 Å². The van der Waals surface area contributed by atoms with Gasteiger partial charge in [-0.1, -0.05) is 0 Å². The average Bonchev–Trinajstić information content (AvgIpc) is 2.15. The monoisotopic (exact) mass is 252 g/mol. The quantitative estimate of drug-likeness (QED) is 0.502. The van der Waals surface area contributed by atoms with Crippen LogP contribution in [-0.4, -0.2) is 15.1 Å². The van der Waals surface area contributed by atoms with Gasteiger partial charge in [-0.15, -0.1) is 0 Å². The molecule has 6 nitrogen and oxygen atoms in total. The molecular formula is C7H3ClF2N2O4. The number of nitrogens with one attached hydrogen (secondary N) is 1. The van der Waals surface area contributed by atoms with Gasteiger partial charge in [-0.3, -0.25) is 19.7 Å². The summed E-state index contributed by atoms with van der Waals surface area (Å²) >= 11 is 4.97. The van der Waals surface area contributed by atoms with Crippen molar-refractivity contribution in [2.75, 3.05) is 0 Å². The highest BCUT2D eigenvalue weighted by Gasteiger charge is 2.31. The minimum absolute atomic E-state index is 0.627. The lowest BCUT2D eigenvalue weighted by Gasteiger charge is -2.02. The summed E-state index contributed by atoms with van der Waals surface area (Å²) in [7, 11) is 0. The highest BCUT2D eigenvalue weighted by atomic mass is 35.5. The Morgan fingerprint density at radius 1 is 1.56 bits per heavy atom. The molecule has 0 saturated carbocycles. The number of carbonyl (C=O) groups excluding carboxylic acids is 1. The zero-order valence-electron chi connectivity index (χ0n) is 7.37. The Morgan fingerprint density at radius 2 is 2.12 bits per heavy atom. The summed E-state index contributed by atoms with van der Waals surface area (Å²) in [5.41, 5.74) is -4.75. The van der Waals surface area contributed by atoms with Gasteiger partial charge in [0.1, 0.15) is 5.56 Å². The van der Waals surface area contributed by atoms with Crippen molar-refractivity contribution < 1.29 is 18.5 Å². The first-order valence-corrected chi connectivity index (χ1v) is 4.12. The molecule has 0 spiro atoms. The van der Waals surface area contributed by atoms with E-state index in [1.165, 1.54) is 0 Å². The van der Waals surface area contributed by atoms with Crippen molar-refractivity contribution in [3.8, 4) is 0 Å². The van der Waals surface area contributed by atoms with Gasteiger partial charge in [0.05, 0.1) is 4.92 Å². The highest BCUT2D eigenvalue weighted by Crippen LogP contribution is 2.29. The Hall–Kier alpha value is -1.83. The van der Waals surface area contributed by atoms with Crippen LogP contribution in [0.25, 0.3) is 0 Å². The van der Waals surface area contributed by atoms with E-state index in [2.05, 4.69) is 0 Å². The molecule has 1 aromatic rings. The van der Waals surface area contributed by atoms with Crippen molar-refractivity contribution in [3.63, 3.8) is 0 Å². The molecule has 0 unspecified atom stereocenters. The number of hydrogen-bond acceptors (Lipinski definition) is 4. The fraction of sp³-hybridized carbons (Fsp3) is 0.143. The first kappa shape index (κ1) is 12.2. The van der Waals surface area contributed by atoms with Crippen LogP contribution in [0.3, 0.4) is 0 Å². The smallest absolute Gasteiger partial charge is 0.297 e. The van der Waals surface area contributed by atoms with Gasteiger partial charge in [-0.25, -0.2) is 8.78 Å². The number of H-pyrrole nitrogens is 1. The SMILES string of the molecule is O=C(Cl)c1c[nH]c(=O)c(C(F)F)c1[N+](=O)[O-]. The van der Waals surface area contributed by atoms with Crippen molar-refractivity contribution >= 4 is 22.5 Å². The van der Waals surface area contributed by atoms with Crippen molar-refractivity contribution in [1.29, 1.82) is 0 Å². The van der Waals surface area contributed by atoms with E-state index in [9.17, 15) is 28.5 Å². The van der Waals surface area contributed by atoms with Crippen LogP contribution >= 0.6 is 11.6 Å². The molecule has 1 N–H and O–H groups in total. The van der Waals surface area contributed by atoms with Gasteiger partial charge in [0.25, 0.3) is 22.9 Å². The second kappa shape index (κ2) is 4.35. The first-order chi connectivity index (χ1) is 7.36. The van der Waals surface area contributed by atoms with Gasteiger partial charge in [0.2, 0.25) is 0 Å². The number of nitro groups is 1. The van der Waals surface area contributed by atoms with Crippen LogP contribution in [-0.2, 0) is 0 Å². The largest absolute Gasteiger partial charge is 0.327 e. The number of carbonyl (C=O) groups is 1. The average molecular weight is 253 g/mol. The molecular weight excluding hydrogens is 250 g/mol. The molecule has 0 aliphatic heterocycles. The van der Waals surface area contributed by atoms with Crippen LogP contribution in [0.4, 0.5) is 14.5 Å². The second-order valence-electron chi connectivity index (χ2n) is 2.63. The third-order valence-electron chi connectivity index (χ3n) is 1.72. The fourth-order valence-electron chi connectivity index (χ4n) is 1.09. The number of aromatic amines is 1. The molecule has 0 amide bonds. The molecule has 0 bridgehead atoms. The first-order valence-electron chi connectivity index (χ1n) is 3.74. The number of hydrogen-bond donors (Lipinski definition) is 1. The van der Waals surface area contributed by atoms with Gasteiger partial charge in [0, 0.05) is 6.20 Å². The van der Waals surface area contributed by atoms with Crippen molar-refractivity contribution in [2.24, 2.45) is 0 Å². The van der Waals surface area contributed by atoms with Gasteiger partial charge in [-0.2, -0.15) is 0 Å². The molecule has 9 heteroatoms. The minimum atomic E-state index is -3.37. The van der Waals surface area contributed by atoms with E-state index < -0.39 is 39.0 Å². The van der Waals surface area contributed by atoms with E-state index in [1.54, 1.807) is 4.98 Å². The molecule has 1 heterocycles. The maximum atomic E-state index is 12.4. The molecule has 0 saturated heterocycles. The van der Waals surface area contributed by atoms with E-state index in [1.807, 2.05) is 0 Å². The van der Waals surface area contributed by atoms with E-state index in [-0.39, 0.29) is 0 Å². The summed E-state index contributed by atoms with van der Waals surface area (Å²) in [5, 5.41) is 9.21. The lowest BCUT2D eigenvalue weighted by Crippen LogP contribution is -2.18. The predicted molar refractivity (Wildman–Crippen MR) is 48.9 cm³/mol. The van der Waals surface area contributed by atoms with Crippen molar-refractivity contribution in [2.45, 2.75) is 6.43 Å². The molecule has 0 aliphatic carbocycles. The molecule has 0 radical (unpaired) electrons. The number of nitrogens with zero attached hydrogens (tertiary/aromatic N) is 1. The Bertz CT molecular complexity index is 514. The topological polar surface area (TPSA) is 93.1 Å². The summed E-state index contributed by atoms with van der Waals surface area (Å²) in [6, 6.07) is 0. The van der Waals surface area contributed by atoms with Crippen molar-refractivity contribution in [3.05, 3.63) is 37.8 Å². The van der Waals surface area contributed by atoms with Crippen LogP contribution in [0.15, 0.2) is 11.0 Å². The number of aromatic nitrogens is 1. The molecule has 1 aromatic heterocycles. The lowest BCUT2D eigenvalue weighted by atomic mass is 10.1. The minimum Gasteiger partial charge on any atom is -0.327 e. The summed E-state index contributed by atoms with van der Waals surface area (Å²) in [6.07, 6.45) is -2.75. The van der Waals surface area contributed by atoms with E-state index in [0.717, 1.165) is 0 Å². The molecule has 86 valence electrons.